The second kappa shape index (κ2) is 11.8. The Balaban J connectivity index is 1.25. The van der Waals surface area contributed by atoms with E-state index in [1.807, 2.05) is 0 Å². The number of nitrogens with zero attached hydrogens (tertiary/aromatic N) is 2. The van der Waals surface area contributed by atoms with Crippen molar-refractivity contribution < 1.29 is 0 Å². The highest BCUT2D eigenvalue weighted by atomic mass is 15.1. The van der Waals surface area contributed by atoms with E-state index in [-0.39, 0.29) is 0 Å². The minimum absolute atomic E-state index is 1.11. The van der Waals surface area contributed by atoms with E-state index in [1.54, 1.807) is 0 Å². The highest BCUT2D eigenvalue weighted by molar-refractivity contribution is 6.25. The van der Waals surface area contributed by atoms with Crippen LogP contribution in [0, 0.1) is 0 Å². The van der Waals surface area contributed by atoms with Gasteiger partial charge in [-0.05, 0) is 93.7 Å². The van der Waals surface area contributed by atoms with E-state index in [9.17, 15) is 0 Å². The third-order valence-electron chi connectivity index (χ3n) is 9.36. The number of para-hydroxylation sites is 2. The van der Waals surface area contributed by atoms with Crippen molar-refractivity contribution in [2.75, 3.05) is 4.90 Å². The highest BCUT2D eigenvalue weighted by Crippen LogP contribution is 2.43. The van der Waals surface area contributed by atoms with Crippen molar-refractivity contribution in [2.24, 2.45) is 0 Å². The van der Waals surface area contributed by atoms with E-state index in [0.29, 0.717) is 0 Å². The largest absolute Gasteiger partial charge is 0.310 e. The molecule has 9 aromatic rings. The Labute approximate surface area is 280 Å². The molecule has 226 valence electrons. The van der Waals surface area contributed by atoms with E-state index in [2.05, 4.69) is 204 Å². The van der Waals surface area contributed by atoms with E-state index in [4.69, 9.17) is 0 Å². The van der Waals surface area contributed by atoms with Crippen LogP contribution in [0.15, 0.2) is 194 Å². The summed E-state index contributed by atoms with van der Waals surface area (Å²) in [6.45, 7) is 0. The van der Waals surface area contributed by atoms with Gasteiger partial charge in [-0.25, -0.2) is 0 Å². The van der Waals surface area contributed by atoms with Crippen LogP contribution in [-0.2, 0) is 0 Å². The van der Waals surface area contributed by atoms with Crippen molar-refractivity contribution in [3.8, 4) is 27.9 Å². The van der Waals surface area contributed by atoms with Gasteiger partial charge in [0.1, 0.15) is 0 Å². The van der Waals surface area contributed by atoms with Gasteiger partial charge in [0, 0.05) is 33.5 Å². The Morgan fingerprint density at radius 3 is 1.73 bits per heavy atom. The first-order valence-corrected chi connectivity index (χ1v) is 16.4. The molecule has 9 rings (SSSR count). The standard InChI is InChI=1S/C46H32N2/c1-4-14-33(15-5-1)34-26-29-39(30-27-34)47(37-18-6-2-7-19-37)40-22-12-17-36(32-40)42-24-13-25-43-46(42)45-41-23-11-10-16-35(41)28-31-44(45)48(43)38-20-8-3-9-21-38/h1-32H. The molecule has 2 heteroatoms. The molecule has 48 heavy (non-hydrogen) atoms. The summed E-state index contributed by atoms with van der Waals surface area (Å²) in [5, 5.41) is 5.06. The minimum atomic E-state index is 1.11. The summed E-state index contributed by atoms with van der Waals surface area (Å²) in [5.74, 6) is 0. The maximum absolute atomic E-state index is 2.41. The molecule has 0 bridgehead atoms. The van der Waals surface area contributed by atoms with E-state index < -0.39 is 0 Å². The first kappa shape index (κ1) is 27.9. The second-order valence-corrected chi connectivity index (χ2v) is 12.2. The van der Waals surface area contributed by atoms with Crippen LogP contribution in [0.4, 0.5) is 17.1 Å². The predicted octanol–water partition coefficient (Wildman–Crippen LogP) is 12.7. The molecule has 0 saturated heterocycles. The van der Waals surface area contributed by atoms with Crippen molar-refractivity contribution in [3.63, 3.8) is 0 Å². The van der Waals surface area contributed by atoms with Gasteiger partial charge in [-0.15, -0.1) is 0 Å². The third-order valence-corrected chi connectivity index (χ3v) is 9.36. The molecule has 0 fully saturated rings. The lowest BCUT2D eigenvalue weighted by atomic mass is 9.96. The van der Waals surface area contributed by atoms with Gasteiger partial charge in [0.25, 0.3) is 0 Å². The van der Waals surface area contributed by atoms with Gasteiger partial charge in [0.2, 0.25) is 0 Å². The summed E-state index contributed by atoms with van der Waals surface area (Å²) in [4.78, 5) is 2.35. The maximum Gasteiger partial charge on any atom is 0.0547 e. The quantitative estimate of drug-likeness (QED) is 0.181. The van der Waals surface area contributed by atoms with Gasteiger partial charge in [-0.2, -0.15) is 0 Å². The molecular formula is C46H32N2. The maximum atomic E-state index is 2.41. The fraction of sp³-hybridized carbons (Fsp3) is 0. The Hall–Kier alpha value is -6.38. The molecule has 0 N–H and O–H groups in total. The Kier molecular flexibility index (Phi) is 6.84. The average Bonchev–Trinajstić information content (AvgIpc) is 3.52. The zero-order valence-corrected chi connectivity index (χ0v) is 26.4. The molecule has 0 aliphatic carbocycles. The first-order chi connectivity index (χ1) is 23.8. The van der Waals surface area contributed by atoms with Crippen LogP contribution in [0.25, 0.3) is 60.5 Å². The summed E-state index contributed by atoms with van der Waals surface area (Å²) in [6, 6.07) is 69.8. The van der Waals surface area contributed by atoms with E-state index in [1.165, 1.54) is 54.8 Å². The molecule has 0 spiro atoms. The van der Waals surface area contributed by atoms with Crippen LogP contribution in [-0.4, -0.2) is 4.57 Å². The minimum Gasteiger partial charge on any atom is -0.310 e. The first-order valence-electron chi connectivity index (χ1n) is 16.4. The van der Waals surface area contributed by atoms with Crippen molar-refractivity contribution in [1.82, 2.24) is 4.57 Å². The zero-order chi connectivity index (χ0) is 31.9. The van der Waals surface area contributed by atoms with Crippen LogP contribution < -0.4 is 4.90 Å². The van der Waals surface area contributed by atoms with Crippen LogP contribution in [0.1, 0.15) is 0 Å². The fourth-order valence-electron chi connectivity index (χ4n) is 7.19. The van der Waals surface area contributed by atoms with Crippen molar-refractivity contribution >= 4 is 49.6 Å². The van der Waals surface area contributed by atoms with Gasteiger partial charge in [-0.1, -0.05) is 133 Å². The summed E-state index contributed by atoms with van der Waals surface area (Å²) in [5.41, 5.74) is 11.7. The Morgan fingerprint density at radius 1 is 0.354 bits per heavy atom. The number of anilines is 3. The number of fused-ring (bicyclic) bond motifs is 5. The molecule has 0 atom stereocenters. The van der Waals surface area contributed by atoms with Crippen LogP contribution in [0.5, 0.6) is 0 Å². The molecule has 0 aliphatic rings. The summed E-state index contributed by atoms with van der Waals surface area (Å²) < 4.78 is 2.41. The molecule has 0 aliphatic heterocycles. The molecule has 1 heterocycles. The SMILES string of the molecule is c1ccc(-c2ccc(N(c3ccccc3)c3cccc(-c4cccc5c4c4c6ccccc6ccc4n5-c4ccccc4)c3)cc2)cc1. The van der Waals surface area contributed by atoms with Gasteiger partial charge in [-0.3, -0.25) is 0 Å². The average molecular weight is 613 g/mol. The second-order valence-electron chi connectivity index (χ2n) is 12.2. The number of hydrogen-bond donors (Lipinski definition) is 0. The normalized spacial score (nSPS) is 11.3. The van der Waals surface area contributed by atoms with Gasteiger partial charge in [0.15, 0.2) is 0 Å². The van der Waals surface area contributed by atoms with Crippen LogP contribution >= 0.6 is 0 Å². The summed E-state index contributed by atoms with van der Waals surface area (Å²) in [7, 11) is 0. The smallest absolute Gasteiger partial charge is 0.0547 e. The highest BCUT2D eigenvalue weighted by Gasteiger charge is 2.19. The van der Waals surface area contributed by atoms with E-state index >= 15 is 0 Å². The topological polar surface area (TPSA) is 8.17 Å². The van der Waals surface area contributed by atoms with Crippen molar-refractivity contribution in [3.05, 3.63) is 194 Å². The van der Waals surface area contributed by atoms with Gasteiger partial charge in [0.05, 0.1) is 11.0 Å². The van der Waals surface area contributed by atoms with Crippen molar-refractivity contribution in [2.45, 2.75) is 0 Å². The number of hydrogen-bond acceptors (Lipinski definition) is 1. The lowest BCUT2D eigenvalue weighted by molar-refractivity contribution is 1.18. The predicted molar refractivity (Wildman–Crippen MR) is 204 cm³/mol. The molecule has 0 radical (unpaired) electrons. The number of aromatic nitrogens is 1. The number of rotatable bonds is 6. The Morgan fingerprint density at radius 2 is 0.938 bits per heavy atom. The lowest BCUT2D eigenvalue weighted by Crippen LogP contribution is -2.09. The Bertz CT molecular complexity index is 2530. The molecular weight excluding hydrogens is 581 g/mol. The molecule has 0 amide bonds. The zero-order valence-electron chi connectivity index (χ0n) is 26.4. The fourth-order valence-corrected chi connectivity index (χ4v) is 7.19. The van der Waals surface area contributed by atoms with Gasteiger partial charge >= 0.3 is 0 Å². The third kappa shape index (κ3) is 4.74. The summed E-state index contributed by atoms with van der Waals surface area (Å²) >= 11 is 0. The molecule has 0 unspecified atom stereocenters. The number of benzene rings is 8. The van der Waals surface area contributed by atoms with Crippen LogP contribution in [0.2, 0.25) is 0 Å². The molecule has 0 saturated carbocycles. The molecule has 1 aromatic heterocycles. The van der Waals surface area contributed by atoms with E-state index in [0.717, 1.165) is 22.7 Å². The lowest BCUT2D eigenvalue weighted by Gasteiger charge is -2.26. The van der Waals surface area contributed by atoms with Crippen LogP contribution in [0.3, 0.4) is 0 Å². The van der Waals surface area contributed by atoms with Crippen molar-refractivity contribution in [1.29, 1.82) is 0 Å². The monoisotopic (exact) mass is 612 g/mol. The van der Waals surface area contributed by atoms with Gasteiger partial charge < -0.3 is 9.47 Å². The molecule has 8 aromatic carbocycles. The molecule has 2 nitrogen and oxygen atoms in total. The summed E-state index contributed by atoms with van der Waals surface area (Å²) in [6.07, 6.45) is 0.